The van der Waals surface area contributed by atoms with Crippen LogP contribution in [0.5, 0.6) is 17.2 Å². The fourth-order valence-corrected chi connectivity index (χ4v) is 2.26. The van der Waals surface area contributed by atoms with E-state index < -0.39 is 5.97 Å². The highest BCUT2D eigenvalue weighted by Gasteiger charge is 2.12. The minimum Gasteiger partial charge on any atom is -0.453 e. The van der Waals surface area contributed by atoms with E-state index in [0.717, 1.165) is 5.56 Å². The van der Waals surface area contributed by atoms with Gasteiger partial charge in [0.1, 0.15) is 5.75 Å². The zero-order valence-electron chi connectivity index (χ0n) is 13.4. The van der Waals surface area contributed by atoms with Crippen LogP contribution in [0.15, 0.2) is 42.5 Å². The summed E-state index contributed by atoms with van der Waals surface area (Å²) in [4.78, 5) is 22.7. The monoisotopic (exact) mass is 392 g/mol. The molecule has 0 atom stereocenters. The lowest BCUT2D eigenvalue weighted by molar-refractivity contribution is -0.147. The van der Waals surface area contributed by atoms with Crippen molar-refractivity contribution >= 4 is 27.7 Å². The summed E-state index contributed by atoms with van der Waals surface area (Å²) in [6, 6.07) is 12.4. The Hall–Kier alpha value is -2.34. The molecule has 5 nitrogen and oxygen atoms in total. The van der Waals surface area contributed by atoms with Gasteiger partial charge in [-0.15, -0.1) is 0 Å². The van der Waals surface area contributed by atoms with E-state index in [-0.39, 0.29) is 17.9 Å². The highest BCUT2D eigenvalue weighted by molar-refractivity contribution is 9.09. The number of carbonyl (C=O) groups is 2. The number of alkyl halides is 1. The molecule has 0 spiro atoms. The molecule has 2 aromatic carbocycles. The predicted octanol–water partition coefficient (Wildman–Crippen LogP) is 4.26. The molecule has 2 aromatic rings. The molecule has 0 amide bonds. The molecule has 2 rings (SSSR count). The maximum Gasteiger partial charge on any atom is 0.305 e. The Labute approximate surface area is 148 Å². The fraction of sp³-hybridized carbons (Fsp3) is 0.222. The first-order valence-corrected chi connectivity index (χ1v) is 8.35. The molecular weight excluding hydrogens is 376 g/mol. The van der Waals surface area contributed by atoms with Crippen LogP contribution in [0.1, 0.15) is 22.8 Å². The molecular formula is C18H17BrO5. The second kappa shape index (κ2) is 8.49. The summed E-state index contributed by atoms with van der Waals surface area (Å²) in [5, 5.41) is 0.203. The van der Waals surface area contributed by atoms with E-state index >= 15 is 0 Å². The SMILES string of the molecule is CC(=O)OCOc1cc(C(=O)CBr)ccc1Oc1cccc(C)c1. The van der Waals surface area contributed by atoms with Crippen molar-refractivity contribution < 1.29 is 23.8 Å². The Morgan fingerprint density at radius 3 is 2.54 bits per heavy atom. The first kappa shape index (κ1) is 18.0. The van der Waals surface area contributed by atoms with Gasteiger partial charge in [0.15, 0.2) is 17.3 Å². The smallest absolute Gasteiger partial charge is 0.305 e. The molecule has 0 saturated heterocycles. The lowest BCUT2D eigenvalue weighted by atomic mass is 10.1. The van der Waals surface area contributed by atoms with Crippen molar-refractivity contribution in [3.8, 4) is 17.2 Å². The number of Topliss-reactive ketones (excluding diaryl/α,β-unsaturated/α-hetero) is 1. The minimum atomic E-state index is -0.455. The Bertz CT molecular complexity index is 742. The van der Waals surface area contributed by atoms with E-state index in [1.54, 1.807) is 18.2 Å². The molecule has 0 aliphatic rings. The molecule has 0 radical (unpaired) electrons. The molecule has 0 aromatic heterocycles. The Morgan fingerprint density at radius 1 is 1.08 bits per heavy atom. The second-order valence-electron chi connectivity index (χ2n) is 5.03. The average molecular weight is 393 g/mol. The van der Waals surface area contributed by atoms with Crippen molar-refractivity contribution in [1.29, 1.82) is 0 Å². The molecule has 0 aliphatic heterocycles. The van der Waals surface area contributed by atoms with Gasteiger partial charge in [-0.2, -0.15) is 0 Å². The van der Waals surface area contributed by atoms with Crippen LogP contribution in [-0.4, -0.2) is 23.9 Å². The quantitative estimate of drug-likeness (QED) is 0.304. The number of ketones is 1. The Kier molecular flexibility index (Phi) is 6.37. The normalized spacial score (nSPS) is 10.1. The van der Waals surface area contributed by atoms with Gasteiger partial charge in [0.2, 0.25) is 6.79 Å². The number of esters is 1. The van der Waals surface area contributed by atoms with Crippen LogP contribution in [-0.2, 0) is 9.53 Å². The number of halogens is 1. The summed E-state index contributed by atoms with van der Waals surface area (Å²) in [6.45, 7) is 2.99. The standard InChI is InChI=1S/C18H17BrO5/c1-12-4-3-5-15(8-12)24-17-7-6-14(16(21)10-19)9-18(17)23-11-22-13(2)20/h3-9H,10-11H2,1-2H3. The van der Waals surface area contributed by atoms with Crippen LogP contribution in [0, 0.1) is 6.92 Å². The van der Waals surface area contributed by atoms with Crippen molar-refractivity contribution in [2.75, 3.05) is 12.1 Å². The van der Waals surface area contributed by atoms with Crippen molar-refractivity contribution in [2.45, 2.75) is 13.8 Å². The van der Waals surface area contributed by atoms with Gasteiger partial charge in [-0.25, -0.2) is 0 Å². The highest BCUT2D eigenvalue weighted by Crippen LogP contribution is 2.33. The topological polar surface area (TPSA) is 61.8 Å². The van der Waals surface area contributed by atoms with Gasteiger partial charge in [0.05, 0.1) is 5.33 Å². The molecule has 0 saturated carbocycles. The summed E-state index contributed by atoms with van der Waals surface area (Å²) in [5.41, 5.74) is 1.53. The zero-order chi connectivity index (χ0) is 17.5. The van der Waals surface area contributed by atoms with Crippen LogP contribution in [0.4, 0.5) is 0 Å². The second-order valence-corrected chi connectivity index (χ2v) is 5.60. The largest absolute Gasteiger partial charge is 0.453 e. The number of rotatable bonds is 7. The number of hydrogen-bond donors (Lipinski definition) is 0. The molecule has 0 heterocycles. The highest BCUT2D eigenvalue weighted by atomic mass is 79.9. The van der Waals surface area contributed by atoms with Crippen molar-refractivity contribution in [1.82, 2.24) is 0 Å². The number of benzene rings is 2. The average Bonchev–Trinajstić information content (AvgIpc) is 2.55. The Balaban J connectivity index is 2.26. The summed E-state index contributed by atoms with van der Waals surface area (Å²) in [7, 11) is 0. The van der Waals surface area contributed by atoms with Gasteiger partial charge in [-0.05, 0) is 42.8 Å². The van der Waals surface area contributed by atoms with Crippen molar-refractivity contribution in [2.24, 2.45) is 0 Å². The van der Waals surface area contributed by atoms with E-state index in [1.165, 1.54) is 6.92 Å². The first-order chi connectivity index (χ1) is 11.5. The number of carbonyl (C=O) groups excluding carboxylic acids is 2. The molecule has 0 N–H and O–H groups in total. The third kappa shape index (κ3) is 5.09. The molecule has 0 unspecified atom stereocenters. The maximum atomic E-state index is 11.8. The van der Waals surface area contributed by atoms with Gasteiger partial charge in [0.25, 0.3) is 0 Å². The van der Waals surface area contributed by atoms with Gasteiger partial charge in [-0.1, -0.05) is 28.1 Å². The third-order valence-electron chi connectivity index (χ3n) is 3.08. The molecule has 0 fully saturated rings. The number of aryl methyl sites for hydroxylation is 1. The van der Waals surface area contributed by atoms with Gasteiger partial charge in [-0.3, -0.25) is 9.59 Å². The fourth-order valence-electron chi connectivity index (χ4n) is 1.94. The molecule has 126 valence electrons. The lowest BCUT2D eigenvalue weighted by Crippen LogP contribution is -2.08. The summed E-state index contributed by atoms with van der Waals surface area (Å²) in [6.07, 6.45) is 0. The van der Waals surface area contributed by atoms with E-state index in [4.69, 9.17) is 14.2 Å². The summed E-state index contributed by atoms with van der Waals surface area (Å²) >= 11 is 3.14. The maximum absolute atomic E-state index is 11.8. The minimum absolute atomic E-state index is 0.0885. The number of hydrogen-bond acceptors (Lipinski definition) is 5. The van der Waals surface area contributed by atoms with E-state index in [1.807, 2.05) is 31.2 Å². The Morgan fingerprint density at radius 2 is 1.88 bits per heavy atom. The van der Waals surface area contributed by atoms with Gasteiger partial charge < -0.3 is 14.2 Å². The predicted molar refractivity (Wildman–Crippen MR) is 93.1 cm³/mol. The van der Waals surface area contributed by atoms with Crippen LogP contribution in [0.25, 0.3) is 0 Å². The van der Waals surface area contributed by atoms with E-state index in [0.29, 0.717) is 22.8 Å². The zero-order valence-corrected chi connectivity index (χ0v) is 15.0. The summed E-state index contributed by atoms with van der Waals surface area (Å²) < 4.78 is 16.1. The van der Waals surface area contributed by atoms with Crippen LogP contribution in [0.3, 0.4) is 0 Å². The van der Waals surface area contributed by atoms with Crippen molar-refractivity contribution in [3.63, 3.8) is 0 Å². The lowest BCUT2D eigenvalue weighted by Gasteiger charge is -2.13. The summed E-state index contributed by atoms with van der Waals surface area (Å²) in [5.74, 6) is 0.855. The van der Waals surface area contributed by atoms with Crippen LogP contribution >= 0.6 is 15.9 Å². The van der Waals surface area contributed by atoms with Crippen LogP contribution in [0.2, 0.25) is 0 Å². The van der Waals surface area contributed by atoms with Gasteiger partial charge >= 0.3 is 5.97 Å². The number of ether oxygens (including phenoxy) is 3. The van der Waals surface area contributed by atoms with Gasteiger partial charge in [0, 0.05) is 12.5 Å². The first-order valence-electron chi connectivity index (χ1n) is 7.23. The molecule has 6 heteroatoms. The molecule has 24 heavy (non-hydrogen) atoms. The van der Waals surface area contributed by atoms with E-state index in [9.17, 15) is 9.59 Å². The third-order valence-corrected chi connectivity index (χ3v) is 3.59. The molecule has 0 bridgehead atoms. The van der Waals surface area contributed by atoms with Crippen LogP contribution < -0.4 is 9.47 Å². The molecule has 0 aliphatic carbocycles. The van der Waals surface area contributed by atoms with Crippen molar-refractivity contribution in [3.05, 3.63) is 53.6 Å². The van der Waals surface area contributed by atoms with E-state index in [2.05, 4.69) is 15.9 Å².